The van der Waals surface area contributed by atoms with Crippen LogP contribution >= 0.6 is 0 Å². The molecule has 0 bridgehead atoms. The van der Waals surface area contributed by atoms with Crippen molar-refractivity contribution in [2.24, 2.45) is 5.11 Å². The van der Waals surface area contributed by atoms with Gasteiger partial charge in [0, 0.05) is 47.4 Å². The fraction of sp³-hybridized carbons (Fsp3) is 0.200. The van der Waals surface area contributed by atoms with Crippen molar-refractivity contribution in [3.8, 4) is 11.5 Å². The van der Waals surface area contributed by atoms with Gasteiger partial charge in [-0.25, -0.2) is 5.53 Å². The maximum absolute atomic E-state index is 12.4. The van der Waals surface area contributed by atoms with E-state index in [1.165, 1.54) is 0 Å². The number of rotatable bonds is 4. The Hall–Kier alpha value is -3.60. The van der Waals surface area contributed by atoms with Gasteiger partial charge in [-0.2, -0.15) is 5.11 Å². The van der Waals surface area contributed by atoms with Gasteiger partial charge in [0.1, 0.15) is 11.5 Å². The van der Waals surface area contributed by atoms with Gasteiger partial charge in [0.25, 0.3) is 0 Å². The van der Waals surface area contributed by atoms with Gasteiger partial charge >= 0.3 is 0 Å². The van der Waals surface area contributed by atoms with Crippen LogP contribution in [-0.4, -0.2) is 13.1 Å². The third-order valence-electron chi connectivity index (χ3n) is 5.52. The summed E-state index contributed by atoms with van der Waals surface area (Å²) < 4.78 is 6.32. The number of nitrogens with one attached hydrogen (secondary N) is 1. The standard InChI is InChI=1S/C25H25N3O2/c1-4-28(5-2)17-11-13-21-23(15-17)30-22-14-16(3)10-12-20(22)24(21)18-8-6-7-9-19(18)25(29)27-26/h6-15,26,29H,4-5H2,1-3H3/p-1. The van der Waals surface area contributed by atoms with Gasteiger partial charge in [-0.15, -0.1) is 0 Å². The van der Waals surface area contributed by atoms with Crippen LogP contribution in [0.3, 0.4) is 0 Å². The van der Waals surface area contributed by atoms with Crippen molar-refractivity contribution in [3.63, 3.8) is 0 Å². The molecule has 0 aromatic heterocycles. The Morgan fingerprint density at radius 2 is 1.63 bits per heavy atom. The molecule has 0 saturated heterocycles. The van der Waals surface area contributed by atoms with E-state index in [4.69, 9.17) is 10.3 Å². The molecule has 0 radical (unpaired) electrons. The van der Waals surface area contributed by atoms with Crippen LogP contribution in [0.15, 0.2) is 65.8 Å². The molecule has 1 N–H and O–H groups in total. The molecule has 0 unspecified atom stereocenters. The Labute approximate surface area is 176 Å². The summed E-state index contributed by atoms with van der Waals surface area (Å²) in [7, 11) is 0. The second-order valence-electron chi connectivity index (χ2n) is 7.29. The molecule has 1 aliphatic heterocycles. The Morgan fingerprint density at radius 3 is 2.33 bits per heavy atom. The summed E-state index contributed by atoms with van der Waals surface area (Å²) in [5.74, 6) is 0.969. The summed E-state index contributed by atoms with van der Waals surface area (Å²) >= 11 is 0. The van der Waals surface area contributed by atoms with Gasteiger partial charge in [-0.1, -0.05) is 36.4 Å². The molecule has 1 aliphatic rings. The number of nitrogens with zero attached hydrogens (tertiary/aromatic N) is 2. The van der Waals surface area contributed by atoms with Crippen LogP contribution in [-0.2, 0) is 0 Å². The third-order valence-corrected chi connectivity index (χ3v) is 5.52. The van der Waals surface area contributed by atoms with E-state index in [-0.39, 0.29) is 0 Å². The largest absolute Gasteiger partial charge is 0.857 e. The molecular formula is C25H24N3O2-. The van der Waals surface area contributed by atoms with Gasteiger partial charge in [0.05, 0.1) is 0 Å². The summed E-state index contributed by atoms with van der Waals surface area (Å²) in [4.78, 5) is 2.27. The normalized spacial score (nSPS) is 14.9. The molecule has 3 aromatic rings. The number of benzene rings is 3. The average molecular weight is 398 g/mol. The van der Waals surface area contributed by atoms with Crippen molar-refractivity contribution in [1.82, 2.24) is 0 Å². The van der Waals surface area contributed by atoms with Crippen LogP contribution in [0.5, 0.6) is 11.5 Å². The molecule has 0 saturated carbocycles. The molecule has 152 valence electrons. The number of fused-ring (bicyclic) bond motifs is 2. The van der Waals surface area contributed by atoms with Crippen molar-refractivity contribution in [3.05, 3.63) is 87.8 Å². The van der Waals surface area contributed by atoms with Crippen LogP contribution in [0, 0.1) is 12.5 Å². The van der Waals surface area contributed by atoms with Crippen molar-refractivity contribution in [2.75, 3.05) is 18.0 Å². The molecule has 30 heavy (non-hydrogen) atoms. The van der Waals surface area contributed by atoms with E-state index in [1.807, 2.05) is 37.3 Å². The van der Waals surface area contributed by atoms with E-state index >= 15 is 0 Å². The molecule has 4 rings (SSSR count). The summed E-state index contributed by atoms with van der Waals surface area (Å²) in [6, 6.07) is 19.6. The molecule has 0 atom stereocenters. The molecular weight excluding hydrogens is 374 g/mol. The van der Waals surface area contributed by atoms with Gasteiger partial charge in [-0.05, 0) is 55.0 Å². The van der Waals surface area contributed by atoms with E-state index in [0.29, 0.717) is 5.22 Å². The number of anilines is 1. The second-order valence-corrected chi connectivity index (χ2v) is 7.29. The lowest BCUT2D eigenvalue weighted by molar-refractivity contribution is -0.251. The fourth-order valence-electron chi connectivity index (χ4n) is 4.01. The van der Waals surface area contributed by atoms with Crippen LogP contribution in [0.25, 0.3) is 11.5 Å². The summed E-state index contributed by atoms with van der Waals surface area (Å²) in [6.45, 7) is 8.11. The highest BCUT2D eigenvalue weighted by Gasteiger charge is 2.24. The minimum atomic E-state index is -0.556. The van der Waals surface area contributed by atoms with Gasteiger partial charge in [-0.3, -0.25) is 0 Å². The van der Waals surface area contributed by atoms with E-state index in [9.17, 15) is 5.11 Å². The molecule has 0 fully saturated rings. The fourth-order valence-corrected chi connectivity index (χ4v) is 4.01. The smallest absolute Gasteiger partial charge is 0.137 e. The maximum atomic E-state index is 12.4. The predicted octanol–water partition coefficient (Wildman–Crippen LogP) is 3.65. The molecule has 5 nitrogen and oxygen atoms in total. The van der Waals surface area contributed by atoms with Crippen molar-refractivity contribution in [1.29, 1.82) is 5.53 Å². The Morgan fingerprint density at radius 1 is 0.967 bits per heavy atom. The first-order valence-corrected chi connectivity index (χ1v) is 10.1. The average Bonchev–Trinajstić information content (AvgIpc) is 2.77. The zero-order valence-corrected chi connectivity index (χ0v) is 17.4. The summed E-state index contributed by atoms with van der Waals surface area (Å²) in [5, 5.41) is 16.7. The first kappa shape index (κ1) is 19.7. The third kappa shape index (κ3) is 3.32. The van der Waals surface area contributed by atoms with Crippen LogP contribution in [0.4, 0.5) is 5.69 Å². The zero-order valence-electron chi connectivity index (χ0n) is 17.4. The highest BCUT2D eigenvalue weighted by Crippen LogP contribution is 2.44. The van der Waals surface area contributed by atoms with Gasteiger partial charge < -0.3 is 14.7 Å². The zero-order chi connectivity index (χ0) is 21.3. The number of hydrogen-bond donors (Lipinski definition) is 1. The quantitative estimate of drug-likeness (QED) is 0.534. The molecule has 0 aliphatic carbocycles. The molecule has 0 amide bonds. The van der Waals surface area contributed by atoms with Gasteiger partial charge in [0.15, 0.2) is 0 Å². The second kappa shape index (κ2) is 8.03. The van der Waals surface area contributed by atoms with E-state index in [1.54, 1.807) is 12.1 Å². The number of ether oxygens (including phenoxy) is 1. The highest BCUT2D eigenvalue weighted by molar-refractivity contribution is 5.88. The van der Waals surface area contributed by atoms with Crippen LogP contribution in [0.2, 0.25) is 0 Å². The SMILES string of the molecule is CCN(CC)c1ccc2c(c1)Oc1cc(C)ccc1C2=c1ccccc1=C([O-])N=N. The Balaban J connectivity index is 2.11. The predicted molar refractivity (Wildman–Crippen MR) is 117 cm³/mol. The number of hydrogen-bond acceptors (Lipinski definition) is 5. The monoisotopic (exact) mass is 398 g/mol. The molecule has 5 heteroatoms. The highest BCUT2D eigenvalue weighted by atomic mass is 16.5. The van der Waals surface area contributed by atoms with Gasteiger partial charge in [0.2, 0.25) is 0 Å². The topological polar surface area (TPSA) is 71.7 Å². The minimum Gasteiger partial charge on any atom is -0.857 e. The lowest BCUT2D eigenvalue weighted by Gasteiger charge is -2.27. The first-order chi connectivity index (χ1) is 14.6. The molecule has 0 spiro atoms. The summed E-state index contributed by atoms with van der Waals surface area (Å²) in [6.07, 6.45) is 0. The minimum absolute atomic E-state index is 0.412. The lowest BCUT2D eigenvalue weighted by Crippen LogP contribution is -2.33. The van der Waals surface area contributed by atoms with Crippen molar-refractivity contribution >= 4 is 17.1 Å². The molecule has 1 heterocycles. The number of aryl methyl sites for hydroxylation is 1. The Kier molecular flexibility index (Phi) is 5.27. The van der Waals surface area contributed by atoms with Crippen LogP contribution < -0.4 is 25.2 Å². The van der Waals surface area contributed by atoms with Crippen LogP contribution in [0.1, 0.15) is 30.5 Å². The Bertz CT molecular complexity index is 1240. The summed E-state index contributed by atoms with van der Waals surface area (Å²) in [5.41, 5.74) is 12.2. The van der Waals surface area contributed by atoms with E-state index in [0.717, 1.165) is 57.8 Å². The maximum Gasteiger partial charge on any atom is 0.137 e. The lowest BCUT2D eigenvalue weighted by atomic mass is 9.90. The van der Waals surface area contributed by atoms with E-state index < -0.39 is 5.88 Å². The van der Waals surface area contributed by atoms with E-state index in [2.05, 4.69) is 42.1 Å². The van der Waals surface area contributed by atoms with Crippen molar-refractivity contribution in [2.45, 2.75) is 20.8 Å². The first-order valence-electron chi connectivity index (χ1n) is 10.1. The van der Waals surface area contributed by atoms with Crippen molar-refractivity contribution < 1.29 is 9.84 Å². The molecule has 3 aromatic carbocycles.